The summed E-state index contributed by atoms with van der Waals surface area (Å²) in [6.45, 7) is 0. The molecular formula is C24H24O8. The lowest BCUT2D eigenvalue weighted by atomic mass is 9.50. The van der Waals surface area contributed by atoms with Gasteiger partial charge in [-0.15, -0.1) is 0 Å². The van der Waals surface area contributed by atoms with Crippen LogP contribution in [0.3, 0.4) is 0 Å². The zero-order chi connectivity index (χ0) is 23.5. The molecule has 1 spiro atoms. The number of hydrogen-bond donors (Lipinski definition) is 0. The van der Waals surface area contributed by atoms with Gasteiger partial charge in [0.2, 0.25) is 0 Å². The third-order valence-corrected chi connectivity index (χ3v) is 6.05. The van der Waals surface area contributed by atoms with Crippen molar-refractivity contribution in [2.24, 2.45) is 11.3 Å². The fourth-order valence-electron chi connectivity index (χ4n) is 4.76. The predicted molar refractivity (Wildman–Crippen MR) is 112 cm³/mol. The van der Waals surface area contributed by atoms with Gasteiger partial charge in [0.25, 0.3) is 0 Å². The van der Waals surface area contributed by atoms with Crippen molar-refractivity contribution in [3.8, 4) is 0 Å². The first-order valence-corrected chi connectivity index (χ1v) is 9.85. The largest absolute Gasteiger partial charge is 0.469 e. The van der Waals surface area contributed by atoms with E-state index >= 15 is 0 Å². The predicted octanol–water partition coefficient (Wildman–Crippen LogP) is 2.21. The van der Waals surface area contributed by atoms with Crippen LogP contribution in [0.2, 0.25) is 0 Å². The fourth-order valence-corrected chi connectivity index (χ4v) is 4.76. The van der Waals surface area contributed by atoms with Crippen LogP contribution in [0.4, 0.5) is 0 Å². The molecule has 0 saturated carbocycles. The van der Waals surface area contributed by atoms with Gasteiger partial charge in [-0.05, 0) is 16.7 Å². The summed E-state index contributed by atoms with van der Waals surface area (Å²) in [5.74, 6) is -6.09. The van der Waals surface area contributed by atoms with Gasteiger partial charge in [-0.3, -0.25) is 14.4 Å². The van der Waals surface area contributed by atoms with Gasteiger partial charge in [0.05, 0.1) is 46.2 Å². The lowest BCUT2D eigenvalue weighted by molar-refractivity contribution is -0.161. The summed E-state index contributed by atoms with van der Waals surface area (Å²) in [6, 6.07) is 6.80. The van der Waals surface area contributed by atoms with Gasteiger partial charge < -0.3 is 18.9 Å². The number of allylic oxidation sites excluding steroid dienone is 5. The number of carbonyl (C=O) groups excluding carboxylic acids is 4. The first-order valence-electron chi connectivity index (χ1n) is 9.85. The van der Waals surface area contributed by atoms with E-state index < -0.39 is 47.0 Å². The Hall–Kier alpha value is -3.68. The van der Waals surface area contributed by atoms with Crippen LogP contribution in [-0.2, 0) is 38.1 Å². The minimum Gasteiger partial charge on any atom is -0.469 e. The first kappa shape index (κ1) is 23.0. The number of rotatable bonds is 4. The lowest BCUT2D eigenvalue weighted by Gasteiger charge is -2.50. The Bertz CT molecular complexity index is 1030. The third kappa shape index (κ3) is 3.51. The average molecular weight is 440 g/mol. The standard InChI is InChI=1S/C24H24O8/c1-29-17(25)13-14-9-7-8-12-24(14)19(22(27)31-3)16-11-6-5-10-15(16)18(21(26)30-2)20(24)23(28)32-4/h5-13,18-20H,1-4H3/b14-13+/t18-,19-,20+,24-/m0/s1. The highest BCUT2D eigenvalue weighted by molar-refractivity contribution is 5.94. The second kappa shape index (κ2) is 9.21. The average Bonchev–Trinajstić information content (AvgIpc) is 2.83. The molecule has 2 aliphatic carbocycles. The second-order valence-electron chi connectivity index (χ2n) is 7.36. The Labute approximate surface area is 185 Å². The Balaban J connectivity index is 2.48. The van der Waals surface area contributed by atoms with Gasteiger partial charge >= 0.3 is 23.9 Å². The van der Waals surface area contributed by atoms with Gasteiger partial charge in [-0.1, -0.05) is 48.6 Å². The molecule has 1 aromatic rings. The molecule has 0 aromatic heterocycles. The molecule has 0 aliphatic heterocycles. The van der Waals surface area contributed by atoms with E-state index in [1.165, 1.54) is 34.5 Å². The summed E-state index contributed by atoms with van der Waals surface area (Å²) < 4.78 is 20.1. The molecule has 168 valence electrons. The van der Waals surface area contributed by atoms with Crippen LogP contribution in [0.1, 0.15) is 23.0 Å². The van der Waals surface area contributed by atoms with Gasteiger partial charge in [-0.25, -0.2) is 4.79 Å². The van der Waals surface area contributed by atoms with Gasteiger partial charge in [0.1, 0.15) is 0 Å². The Morgan fingerprint density at radius 2 is 1.44 bits per heavy atom. The number of esters is 4. The number of methoxy groups -OCH3 is 4. The van der Waals surface area contributed by atoms with E-state index in [-0.39, 0.29) is 0 Å². The first-order chi connectivity index (χ1) is 15.4. The van der Waals surface area contributed by atoms with Crippen LogP contribution in [0.25, 0.3) is 0 Å². The van der Waals surface area contributed by atoms with E-state index in [2.05, 4.69) is 0 Å². The summed E-state index contributed by atoms with van der Waals surface area (Å²) >= 11 is 0. The van der Waals surface area contributed by atoms with Crippen molar-refractivity contribution in [3.63, 3.8) is 0 Å². The minimum absolute atomic E-state index is 0.307. The number of fused-ring (bicyclic) bond motifs is 1. The van der Waals surface area contributed by atoms with Gasteiger partial charge in [-0.2, -0.15) is 0 Å². The van der Waals surface area contributed by atoms with Crippen LogP contribution >= 0.6 is 0 Å². The van der Waals surface area contributed by atoms with E-state index in [4.69, 9.17) is 18.9 Å². The summed E-state index contributed by atoms with van der Waals surface area (Å²) in [7, 11) is 4.88. The van der Waals surface area contributed by atoms with Crippen molar-refractivity contribution in [1.29, 1.82) is 0 Å². The van der Waals surface area contributed by atoms with Crippen LogP contribution in [0, 0.1) is 11.3 Å². The number of benzene rings is 1. The van der Waals surface area contributed by atoms with Crippen LogP contribution in [0.5, 0.6) is 0 Å². The molecular weight excluding hydrogens is 416 g/mol. The third-order valence-electron chi connectivity index (χ3n) is 6.05. The molecule has 0 bridgehead atoms. The van der Waals surface area contributed by atoms with E-state index in [1.54, 1.807) is 48.6 Å². The molecule has 0 N–H and O–H groups in total. The maximum absolute atomic E-state index is 13.3. The Morgan fingerprint density at radius 1 is 0.812 bits per heavy atom. The highest BCUT2D eigenvalue weighted by atomic mass is 16.5. The summed E-state index contributed by atoms with van der Waals surface area (Å²) in [5.41, 5.74) is -0.223. The lowest BCUT2D eigenvalue weighted by Crippen LogP contribution is -2.52. The molecule has 0 radical (unpaired) electrons. The van der Waals surface area contributed by atoms with Crippen molar-refractivity contribution < 1.29 is 38.1 Å². The number of hydrogen-bond acceptors (Lipinski definition) is 8. The van der Waals surface area contributed by atoms with E-state index in [9.17, 15) is 19.2 Å². The van der Waals surface area contributed by atoms with Crippen molar-refractivity contribution in [3.05, 3.63) is 71.3 Å². The number of ether oxygens (including phenoxy) is 4. The van der Waals surface area contributed by atoms with Crippen molar-refractivity contribution in [2.45, 2.75) is 11.8 Å². The number of carbonyl (C=O) groups is 4. The summed E-state index contributed by atoms with van der Waals surface area (Å²) in [6.07, 6.45) is 7.76. The molecule has 2 aliphatic rings. The maximum atomic E-state index is 13.3. The molecule has 32 heavy (non-hydrogen) atoms. The molecule has 0 saturated heterocycles. The van der Waals surface area contributed by atoms with Gasteiger partial charge in [0, 0.05) is 11.5 Å². The molecule has 0 unspecified atom stereocenters. The molecule has 4 atom stereocenters. The van der Waals surface area contributed by atoms with Gasteiger partial charge in [0.15, 0.2) is 0 Å². The molecule has 1 aromatic carbocycles. The fraction of sp³-hybridized carbons (Fsp3) is 0.333. The minimum atomic E-state index is -1.48. The summed E-state index contributed by atoms with van der Waals surface area (Å²) in [5, 5.41) is 0. The maximum Gasteiger partial charge on any atom is 0.330 e. The monoisotopic (exact) mass is 440 g/mol. The Morgan fingerprint density at radius 3 is 2.03 bits per heavy atom. The molecule has 8 nitrogen and oxygen atoms in total. The van der Waals surface area contributed by atoms with Crippen molar-refractivity contribution in [1.82, 2.24) is 0 Å². The Kier molecular flexibility index (Phi) is 6.62. The summed E-state index contributed by atoms with van der Waals surface area (Å²) in [4.78, 5) is 51.7. The quantitative estimate of drug-likeness (QED) is 0.399. The second-order valence-corrected chi connectivity index (χ2v) is 7.36. The normalized spacial score (nSPS) is 26.9. The zero-order valence-electron chi connectivity index (χ0n) is 18.2. The van der Waals surface area contributed by atoms with Crippen molar-refractivity contribution >= 4 is 23.9 Å². The molecule has 0 fully saturated rings. The van der Waals surface area contributed by atoms with Crippen LogP contribution in [-0.4, -0.2) is 52.3 Å². The highest BCUT2D eigenvalue weighted by Crippen LogP contribution is 2.60. The molecule has 0 heterocycles. The highest BCUT2D eigenvalue weighted by Gasteiger charge is 2.62. The SMILES string of the molecule is COC(=O)/C=C1\C=CC=C[C@@]12[C@H](C(=O)OC)c1ccccc1[C@H](C(=O)OC)[C@@H]2C(=O)OC. The van der Waals surface area contributed by atoms with Crippen LogP contribution in [0.15, 0.2) is 60.2 Å². The molecule has 3 rings (SSSR count). The molecule has 8 heteroatoms. The molecule has 0 amide bonds. The zero-order valence-corrected chi connectivity index (χ0v) is 18.2. The van der Waals surface area contributed by atoms with Crippen LogP contribution < -0.4 is 0 Å². The van der Waals surface area contributed by atoms with Crippen molar-refractivity contribution in [2.75, 3.05) is 28.4 Å². The smallest absolute Gasteiger partial charge is 0.330 e. The topological polar surface area (TPSA) is 105 Å². The van der Waals surface area contributed by atoms with E-state index in [0.29, 0.717) is 16.7 Å². The van der Waals surface area contributed by atoms with E-state index in [0.717, 1.165) is 0 Å². The van der Waals surface area contributed by atoms with E-state index in [1.807, 2.05) is 0 Å².